The highest BCUT2D eigenvalue weighted by Crippen LogP contribution is 2.38. The van der Waals surface area contributed by atoms with E-state index in [0.29, 0.717) is 30.4 Å². The molecule has 6 atom stereocenters. The zero-order chi connectivity index (χ0) is 42.0. The monoisotopic (exact) mass is 806 g/mol. The maximum atomic E-state index is 15.1. The summed E-state index contributed by atoms with van der Waals surface area (Å²) in [5.41, 5.74) is 6.09. The number of carbonyl (C=O) groups excluding carboxylic acids is 2. The van der Waals surface area contributed by atoms with E-state index in [1.54, 1.807) is 31.1 Å². The molecule has 0 unspecified atom stereocenters. The van der Waals surface area contributed by atoms with Gasteiger partial charge in [0.05, 0.1) is 49.0 Å². The molecule has 5 aromatic rings. The first-order valence-corrected chi connectivity index (χ1v) is 20.3. The van der Waals surface area contributed by atoms with E-state index < -0.39 is 48.5 Å². The number of alkyl halides is 2. The van der Waals surface area contributed by atoms with Crippen LogP contribution >= 0.6 is 0 Å². The van der Waals surface area contributed by atoms with Crippen LogP contribution in [-0.4, -0.2) is 114 Å². The Kier molecular flexibility index (Phi) is 12.3. The quantitative estimate of drug-likeness (QED) is 0.109. The highest BCUT2D eigenvalue weighted by Gasteiger charge is 2.44. The van der Waals surface area contributed by atoms with Gasteiger partial charge in [-0.3, -0.25) is 19.4 Å². The van der Waals surface area contributed by atoms with E-state index in [0.717, 1.165) is 38.4 Å². The molecule has 12 nitrogen and oxygen atoms in total. The number of likely N-dealkylation sites (tertiary alicyclic amines) is 2. The van der Waals surface area contributed by atoms with Gasteiger partial charge in [-0.2, -0.15) is 0 Å². The van der Waals surface area contributed by atoms with Crippen LogP contribution in [0.25, 0.3) is 33.6 Å². The molecule has 14 heteroatoms. The van der Waals surface area contributed by atoms with E-state index in [-0.39, 0.29) is 37.8 Å². The van der Waals surface area contributed by atoms with Crippen LogP contribution in [0.4, 0.5) is 13.6 Å². The van der Waals surface area contributed by atoms with Crippen LogP contribution in [0, 0.1) is 5.92 Å². The van der Waals surface area contributed by atoms with E-state index in [9.17, 15) is 23.9 Å². The van der Waals surface area contributed by atoms with Crippen molar-refractivity contribution in [3.8, 4) is 33.6 Å². The number of rotatable bonds is 13. The third-order valence-electron chi connectivity index (χ3n) is 11.7. The van der Waals surface area contributed by atoms with Crippen molar-refractivity contribution in [2.75, 3.05) is 33.2 Å². The smallest absolute Gasteiger partial charge is 0.407 e. The highest BCUT2D eigenvalue weighted by atomic mass is 19.1. The van der Waals surface area contributed by atoms with Gasteiger partial charge in [-0.1, -0.05) is 107 Å². The van der Waals surface area contributed by atoms with Crippen LogP contribution in [0.3, 0.4) is 0 Å². The number of amides is 3. The SMILES string of the molecule is CCN(CC)[C@@H](C(=O)N1C[C@@H](F)C[C@H]1c1ncc(-c2ccc(-c3ccc(-c4cnc([C@@H]5C[C@H](F)CN5C(=O)[C@H](C(C)C)N(C)C(=O)O)[nH]4)cc3)cc2)[nH]1)c1ccccc1. The largest absolute Gasteiger partial charge is 0.465 e. The van der Waals surface area contributed by atoms with Gasteiger partial charge in [-0.25, -0.2) is 23.5 Å². The number of nitrogens with one attached hydrogen (secondary N) is 2. The predicted molar refractivity (Wildman–Crippen MR) is 221 cm³/mol. The van der Waals surface area contributed by atoms with Crippen molar-refractivity contribution in [1.82, 2.24) is 39.5 Å². The number of halogens is 2. The van der Waals surface area contributed by atoms with Crippen LogP contribution in [0.1, 0.15) is 75.9 Å². The number of hydrogen-bond donors (Lipinski definition) is 3. The van der Waals surface area contributed by atoms with Crippen molar-refractivity contribution >= 4 is 17.9 Å². The number of aromatic amines is 2. The lowest BCUT2D eigenvalue weighted by Crippen LogP contribution is -2.51. The Bertz CT molecular complexity index is 2220. The Labute approximate surface area is 343 Å². The van der Waals surface area contributed by atoms with Crippen molar-refractivity contribution in [1.29, 1.82) is 0 Å². The molecule has 4 heterocycles. The van der Waals surface area contributed by atoms with Gasteiger partial charge in [-0.05, 0) is 46.8 Å². The molecule has 2 saturated heterocycles. The van der Waals surface area contributed by atoms with E-state index >= 15 is 4.39 Å². The first-order valence-electron chi connectivity index (χ1n) is 20.3. The highest BCUT2D eigenvalue weighted by molar-refractivity contribution is 5.86. The molecule has 59 heavy (non-hydrogen) atoms. The first kappa shape index (κ1) is 41.3. The summed E-state index contributed by atoms with van der Waals surface area (Å²) < 4.78 is 29.9. The first-order chi connectivity index (χ1) is 28.4. The Balaban J connectivity index is 1.04. The molecule has 0 saturated carbocycles. The molecule has 2 aromatic heterocycles. The van der Waals surface area contributed by atoms with Crippen molar-refractivity contribution in [3.63, 3.8) is 0 Å². The van der Waals surface area contributed by atoms with Gasteiger partial charge in [0.1, 0.15) is 36.1 Å². The molecular formula is C45H52F2N8O4. The summed E-state index contributed by atoms with van der Waals surface area (Å²) in [7, 11) is 1.36. The summed E-state index contributed by atoms with van der Waals surface area (Å²) in [4.78, 5) is 61.5. The van der Waals surface area contributed by atoms with Crippen molar-refractivity contribution in [2.45, 2.75) is 77.0 Å². The fourth-order valence-corrected chi connectivity index (χ4v) is 8.64. The van der Waals surface area contributed by atoms with Gasteiger partial charge in [0, 0.05) is 19.9 Å². The fourth-order valence-electron chi connectivity index (χ4n) is 8.64. The molecule has 7 rings (SSSR count). The number of aromatic nitrogens is 4. The number of carboxylic acid groups (broad SMARTS) is 1. The summed E-state index contributed by atoms with van der Waals surface area (Å²) in [6.45, 7) is 8.85. The molecule has 0 radical (unpaired) electrons. The Morgan fingerprint density at radius 1 is 0.729 bits per heavy atom. The minimum Gasteiger partial charge on any atom is -0.465 e. The van der Waals surface area contributed by atoms with Crippen molar-refractivity contribution in [2.24, 2.45) is 5.92 Å². The van der Waals surface area contributed by atoms with E-state index in [4.69, 9.17) is 0 Å². The Hall–Kier alpha value is -5.89. The van der Waals surface area contributed by atoms with Crippen LogP contribution in [-0.2, 0) is 9.59 Å². The zero-order valence-corrected chi connectivity index (χ0v) is 34.1. The summed E-state index contributed by atoms with van der Waals surface area (Å²) in [5.74, 6) is 0.128. The lowest BCUT2D eigenvalue weighted by Gasteiger charge is -2.34. The Morgan fingerprint density at radius 3 is 1.59 bits per heavy atom. The standard InChI is InChI=1S/C45H52F2N8O4/c1-6-53(7-2)40(32-11-9-8-10-12-32)44(57)55-26-34(47)22-38(55)42-49-24-36(51-42)31-19-15-29(16-20-31)28-13-17-30(18-14-28)35-23-48-41(50-35)37-21-33(46)25-54(37)43(56)39(27(3)4)52(5)45(58)59/h8-20,23-24,27,33-34,37-40H,6-7,21-22,25-26H2,1-5H3,(H,48,50)(H,49,51)(H,58,59)/t33-,34-,37-,38-,39-,40+/m0/s1. The van der Waals surface area contributed by atoms with E-state index in [2.05, 4.69) is 24.8 Å². The number of nitrogens with zero attached hydrogens (tertiary/aromatic N) is 6. The van der Waals surface area contributed by atoms with Gasteiger partial charge < -0.3 is 24.9 Å². The number of H-pyrrole nitrogens is 2. The second kappa shape index (κ2) is 17.5. The molecule has 310 valence electrons. The molecule has 0 spiro atoms. The third-order valence-corrected chi connectivity index (χ3v) is 11.7. The number of benzene rings is 3. The van der Waals surface area contributed by atoms with Crippen LogP contribution in [0.5, 0.6) is 0 Å². The van der Waals surface area contributed by atoms with Gasteiger partial charge in [-0.15, -0.1) is 0 Å². The molecule has 3 N–H and O–H groups in total. The molecule has 2 aliphatic rings. The average molecular weight is 807 g/mol. The van der Waals surface area contributed by atoms with Crippen LogP contribution in [0.15, 0.2) is 91.3 Å². The minimum absolute atomic E-state index is 0.0197. The fraction of sp³-hybridized carbons (Fsp3) is 0.400. The number of carbonyl (C=O) groups is 3. The molecular weight excluding hydrogens is 755 g/mol. The predicted octanol–water partition coefficient (Wildman–Crippen LogP) is 8.07. The summed E-state index contributed by atoms with van der Waals surface area (Å²) in [5, 5.41) is 9.57. The van der Waals surface area contributed by atoms with Gasteiger partial charge in [0.2, 0.25) is 11.8 Å². The molecule has 3 amide bonds. The second-order valence-corrected chi connectivity index (χ2v) is 15.8. The normalized spacial score (nSPS) is 20.4. The van der Waals surface area contributed by atoms with Gasteiger partial charge >= 0.3 is 6.09 Å². The third kappa shape index (κ3) is 8.49. The lowest BCUT2D eigenvalue weighted by atomic mass is 10.0. The molecule has 2 fully saturated rings. The zero-order valence-electron chi connectivity index (χ0n) is 34.1. The lowest BCUT2D eigenvalue weighted by molar-refractivity contribution is -0.139. The number of likely N-dealkylation sites (N-methyl/N-ethyl adjacent to an activating group) is 2. The van der Waals surface area contributed by atoms with Crippen LogP contribution < -0.4 is 0 Å². The maximum absolute atomic E-state index is 15.1. The van der Waals surface area contributed by atoms with E-state index in [1.807, 2.05) is 92.7 Å². The Morgan fingerprint density at radius 2 is 1.17 bits per heavy atom. The molecule has 0 aliphatic carbocycles. The maximum Gasteiger partial charge on any atom is 0.407 e. The summed E-state index contributed by atoms with van der Waals surface area (Å²) in [6.07, 6.45) is 0.0100. The molecule has 0 bridgehead atoms. The van der Waals surface area contributed by atoms with Crippen molar-refractivity contribution in [3.05, 3.63) is 108 Å². The van der Waals surface area contributed by atoms with Crippen LogP contribution in [0.2, 0.25) is 0 Å². The molecule has 2 aliphatic heterocycles. The second-order valence-electron chi connectivity index (χ2n) is 15.8. The average Bonchev–Trinajstić information content (AvgIpc) is 4.07. The van der Waals surface area contributed by atoms with Gasteiger partial charge in [0.15, 0.2) is 0 Å². The number of hydrogen-bond acceptors (Lipinski definition) is 6. The van der Waals surface area contributed by atoms with Gasteiger partial charge in [0.25, 0.3) is 0 Å². The van der Waals surface area contributed by atoms with Crippen molar-refractivity contribution < 1.29 is 28.3 Å². The molecule has 3 aromatic carbocycles. The summed E-state index contributed by atoms with van der Waals surface area (Å²) >= 11 is 0. The number of imidazole rings is 2. The van der Waals surface area contributed by atoms with E-state index in [1.165, 1.54) is 11.9 Å². The minimum atomic E-state index is -1.25. The summed E-state index contributed by atoms with van der Waals surface area (Å²) in [6, 6.07) is 23.0. The topological polar surface area (TPSA) is 142 Å².